The van der Waals surface area contributed by atoms with E-state index < -0.39 is 0 Å². The van der Waals surface area contributed by atoms with Crippen LogP contribution in [0.4, 0.5) is 0 Å². The molecule has 1 atom stereocenters. The predicted octanol–water partition coefficient (Wildman–Crippen LogP) is 3.80. The Hall–Kier alpha value is -0.490. The second kappa shape index (κ2) is 3.94. The van der Waals surface area contributed by atoms with Crippen LogP contribution in [0.1, 0.15) is 30.5 Å². The predicted molar refractivity (Wildman–Crippen MR) is 61.7 cm³/mol. The maximum atomic E-state index is 5.83. The van der Waals surface area contributed by atoms with Gasteiger partial charge >= 0.3 is 0 Å². The number of hydrogen-bond donors (Lipinski definition) is 0. The average molecular weight is 209 g/mol. The summed E-state index contributed by atoms with van der Waals surface area (Å²) in [6, 6.07) is 6.70. The van der Waals surface area contributed by atoms with Crippen molar-refractivity contribution in [1.82, 2.24) is 0 Å². The molecule has 0 radical (unpaired) electrons. The van der Waals surface area contributed by atoms with Crippen molar-refractivity contribution >= 4 is 11.6 Å². The van der Waals surface area contributed by atoms with Crippen LogP contribution >= 0.6 is 11.6 Å². The van der Waals surface area contributed by atoms with Crippen molar-refractivity contribution in [3.05, 3.63) is 34.9 Å². The number of halogens is 1. The quantitative estimate of drug-likeness (QED) is 0.649. The van der Waals surface area contributed by atoms with E-state index in [1.807, 2.05) is 0 Å². The van der Waals surface area contributed by atoms with Gasteiger partial charge in [-0.05, 0) is 41.4 Å². The fourth-order valence-corrected chi connectivity index (χ4v) is 2.43. The molecule has 76 valence electrons. The highest BCUT2D eigenvalue weighted by molar-refractivity contribution is 6.17. The first-order valence-corrected chi connectivity index (χ1v) is 5.91. The molecule has 0 bridgehead atoms. The topological polar surface area (TPSA) is 0 Å². The van der Waals surface area contributed by atoms with Crippen LogP contribution in [-0.2, 0) is 18.7 Å². The zero-order valence-electron chi connectivity index (χ0n) is 8.89. The van der Waals surface area contributed by atoms with Gasteiger partial charge in [-0.3, -0.25) is 0 Å². The monoisotopic (exact) mass is 208 g/mol. The fraction of sp³-hybridized carbons (Fsp3) is 0.538. The molecule has 1 aromatic carbocycles. The van der Waals surface area contributed by atoms with Gasteiger partial charge in [-0.1, -0.05) is 32.0 Å². The van der Waals surface area contributed by atoms with E-state index in [0.29, 0.717) is 5.88 Å². The molecule has 0 aromatic heterocycles. The lowest BCUT2D eigenvalue weighted by Crippen LogP contribution is -2.07. The zero-order chi connectivity index (χ0) is 10.1. The minimum Gasteiger partial charge on any atom is -0.122 e. The molecule has 1 aromatic rings. The Kier molecular flexibility index (Phi) is 2.83. The number of alkyl halides is 1. The van der Waals surface area contributed by atoms with Crippen molar-refractivity contribution in [1.29, 1.82) is 0 Å². The summed E-state index contributed by atoms with van der Waals surface area (Å²) in [5.41, 5.74) is 4.33. The first kappa shape index (κ1) is 10.0. The molecule has 0 saturated heterocycles. The van der Waals surface area contributed by atoms with Crippen molar-refractivity contribution in [2.45, 2.75) is 32.6 Å². The third-order valence-corrected chi connectivity index (χ3v) is 3.64. The maximum absolute atomic E-state index is 5.83. The van der Waals surface area contributed by atoms with Gasteiger partial charge in [0.2, 0.25) is 0 Å². The molecule has 0 saturated carbocycles. The normalized spacial score (nSPS) is 20.1. The van der Waals surface area contributed by atoms with Gasteiger partial charge in [-0.2, -0.15) is 0 Å². The first-order chi connectivity index (χ1) is 6.70. The van der Waals surface area contributed by atoms with Crippen LogP contribution in [0, 0.1) is 11.8 Å². The Bertz CT molecular complexity index is 328. The zero-order valence-corrected chi connectivity index (χ0v) is 9.64. The Balaban J connectivity index is 2.22. The van der Waals surface area contributed by atoms with E-state index in [9.17, 15) is 0 Å². The molecular formula is C13H17Cl. The molecule has 0 nitrogen and oxygen atoms in total. The summed E-state index contributed by atoms with van der Waals surface area (Å²) in [6.45, 7) is 4.64. The summed E-state index contributed by atoms with van der Waals surface area (Å²) in [7, 11) is 0. The fourth-order valence-electron chi connectivity index (χ4n) is 2.26. The van der Waals surface area contributed by atoms with Crippen molar-refractivity contribution in [3.63, 3.8) is 0 Å². The largest absolute Gasteiger partial charge is 0.122 e. The van der Waals surface area contributed by atoms with E-state index in [0.717, 1.165) is 11.8 Å². The van der Waals surface area contributed by atoms with E-state index in [1.54, 1.807) is 0 Å². The van der Waals surface area contributed by atoms with E-state index in [1.165, 1.54) is 29.5 Å². The Morgan fingerprint density at radius 2 is 2.00 bits per heavy atom. The lowest BCUT2D eigenvalue weighted by Gasteiger charge is -2.12. The van der Waals surface area contributed by atoms with E-state index in [4.69, 9.17) is 11.6 Å². The van der Waals surface area contributed by atoms with Gasteiger partial charge in [0.15, 0.2) is 0 Å². The molecule has 0 N–H and O–H groups in total. The Morgan fingerprint density at radius 3 is 2.64 bits per heavy atom. The summed E-state index contributed by atoms with van der Waals surface area (Å²) in [6.07, 6.45) is 2.51. The molecule has 14 heavy (non-hydrogen) atoms. The van der Waals surface area contributed by atoms with Crippen molar-refractivity contribution in [2.75, 3.05) is 0 Å². The van der Waals surface area contributed by atoms with Crippen LogP contribution in [0.15, 0.2) is 18.2 Å². The minimum atomic E-state index is 0.639. The molecule has 0 fully saturated rings. The molecule has 0 amide bonds. The average Bonchev–Trinajstić information content (AvgIpc) is 2.59. The summed E-state index contributed by atoms with van der Waals surface area (Å²) in [5.74, 6) is 2.28. The van der Waals surface area contributed by atoms with E-state index in [-0.39, 0.29) is 0 Å². The SMILES string of the molecule is CC(C)C1Cc2ccc(CCl)cc2C1. The van der Waals surface area contributed by atoms with Gasteiger partial charge in [0.1, 0.15) is 0 Å². The van der Waals surface area contributed by atoms with Crippen molar-refractivity contribution in [3.8, 4) is 0 Å². The number of benzene rings is 1. The molecule has 0 aliphatic heterocycles. The second-order valence-electron chi connectivity index (χ2n) is 4.65. The maximum Gasteiger partial charge on any atom is 0.0474 e. The van der Waals surface area contributed by atoms with Gasteiger partial charge < -0.3 is 0 Å². The molecule has 0 heterocycles. The second-order valence-corrected chi connectivity index (χ2v) is 4.92. The molecule has 0 spiro atoms. The van der Waals surface area contributed by atoms with Crippen molar-refractivity contribution in [2.24, 2.45) is 11.8 Å². The molecule has 2 rings (SSSR count). The van der Waals surface area contributed by atoms with Crippen LogP contribution in [0.2, 0.25) is 0 Å². The summed E-state index contributed by atoms with van der Waals surface area (Å²) >= 11 is 5.83. The van der Waals surface area contributed by atoms with Crippen LogP contribution in [0.25, 0.3) is 0 Å². The van der Waals surface area contributed by atoms with Gasteiger partial charge in [0, 0.05) is 5.88 Å². The van der Waals surface area contributed by atoms with Gasteiger partial charge in [-0.25, -0.2) is 0 Å². The number of rotatable bonds is 2. The minimum absolute atomic E-state index is 0.639. The Morgan fingerprint density at radius 1 is 1.29 bits per heavy atom. The third-order valence-electron chi connectivity index (χ3n) is 3.33. The first-order valence-electron chi connectivity index (χ1n) is 5.37. The Labute approximate surface area is 91.3 Å². The van der Waals surface area contributed by atoms with Crippen molar-refractivity contribution < 1.29 is 0 Å². The summed E-state index contributed by atoms with van der Waals surface area (Å²) in [4.78, 5) is 0. The van der Waals surface area contributed by atoms with Gasteiger partial charge in [0.25, 0.3) is 0 Å². The lowest BCUT2D eigenvalue weighted by molar-refractivity contribution is 0.404. The van der Waals surface area contributed by atoms with Gasteiger partial charge in [-0.15, -0.1) is 11.6 Å². The molecular weight excluding hydrogens is 192 g/mol. The molecule has 1 unspecified atom stereocenters. The van der Waals surface area contributed by atoms with Crippen LogP contribution in [0.5, 0.6) is 0 Å². The highest BCUT2D eigenvalue weighted by Gasteiger charge is 2.23. The van der Waals surface area contributed by atoms with E-state index in [2.05, 4.69) is 32.0 Å². The summed E-state index contributed by atoms with van der Waals surface area (Å²) < 4.78 is 0. The van der Waals surface area contributed by atoms with E-state index >= 15 is 0 Å². The highest BCUT2D eigenvalue weighted by Crippen LogP contribution is 2.32. The molecule has 1 aliphatic rings. The number of hydrogen-bond acceptors (Lipinski definition) is 0. The molecule has 1 heteroatoms. The molecule has 1 aliphatic carbocycles. The van der Waals surface area contributed by atoms with Crippen LogP contribution in [0.3, 0.4) is 0 Å². The van der Waals surface area contributed by atoms with Crippen LogP contribution < -0.4 is 0 Å². The number of fused-ring (bicyclic) bond motifs is 1. The standard InChI is InChI=1S/C13H17Cl/c1-9(2)12-6-11-4-3-10(8-14)5-13(11)7-12/h3-5,9,12H,6-8H2,1-2H3. The third kappa shape index (κ3) is 1.81. The van der Waals surface area contributed by atoms with Gasteiger partial charge in [0.05, 0.1) is 0 Å². The smallest absolute Gasteiger partial charge is 0.0474 e. The highest BCUT2D eigenvalue weighted by atomic mass is 35.5. The lowest BCUT2D eigenvalue weighted by atomic mass is 9.93. The summed E-state index contributed by atoms with van der Waals surface area (Å²) in [5, 5.41) is 0. The van der Waals surface area contributed by atoms with Crippen LogP contribution in [-0.4, -0.2) is 0 Å².